The van der Waals surface area contributed by atoms with Crippen molar-refractivity contribution in [2.24, 2.45) is 0 Å². The smallest absolute Gasteiger partial charge is 0.238 e. The summed E-state index contributed by atoms with van der Waals surface area (Å²) < 4.78 is 0. The molecule has 22 heavy (non-hydrogen) atoms. The number of likely N-dealkylation sites (tertiary alicyclic amines) is 1. The van der Waals surface area contributed by atoms with Crippen LogP contribution in [0.4, 0.5) is 5.69 Å². The van der Waals surface area contributed by atoms with E-state index in [2.05, 4.69) is 12.2 Å². The molecule has 0 unspecified atom stereocenters. The molecule has 118 valence electrons. The Kier molecular flexibility index (Phi) is 4.64. The van der Waals surface area contributed by atoms with Crippen LogP contribution in [-0.4, -0.2) is 34.6 Å². The third-order valence-electron chi connectivity index (χ3n) is 4.24. The van der Waals surface area contributed by atoms with E-state index in [-0.39, 0.29) is 29.5 Å². The van der Waals surface area contributed by atoms with E-state index in [4.69, 9.17) is 11.6 Å². The van der Waals surface area contributed by atoms with Crippen LogP contribution >= 0.6 is 23.4 Å². The van der Waals surface area contributed by atoms with Gasteiger partial charge in [-0.1, -0.05) is 11.6 Å². The van der Waals surface area contributed by atoms with Crippen molar-refractivity contribution >= 4 is 40.9 Å². The lowest BCUT2D eigenvalue weighted by Gasteiger charge is -2.34. The standard InChI is InChI=1S/C16H19ClN2O2S/c1-10-4-2-3-7-19(10)15(20)9-14-16(21)18-12-8-11(17)5-6-13(12)22-14/h5-6,8,10,14H,2-4,7,9H2,1H3,(H,18,21)/t10-,14-/m0/s1. The van der Waals surface area contributed by atoms with Crippen molar-refractivity contribution in [2.75, 3.05) is 11.9 Å². The lowest BCUT2D eigenvalue weighted by molar-refractivity contribution is -0.135. The maximum atomic E-state index is 12.5. The summed E-state index contributed by atoms with van der Waals surface area (Å²) in [5.74, 6) is -0.0324. The fourth-order valence-corrected chi connectivity index (χ4v) is 4.26. The fourth-order valence-electron chi connectivity index (χ4n) is 3.00. The van der Waals surface area contributed by atoms with Crippen LogP contribution in [0.5, 0.6) is 0 Å². The van der Waals surface area contributed by atoms with Gasteiger partial charge in [0.15, 0.2) is 0 Å². The molecule has 4 nitrogen and oxygen atoms in total. The second-order valence-corrected chi connectivity index (χ2v) is 7.55. The van der Waals surface area contributed by atoms with Gasteiger partial charge in [0.2, 0.25) is 11.8 Å². The number of halogens is 1. The molecule has 1 N–H and O–H groups in total. The summed E-state index contributed by atoms with van der Waals surface area (Å²) in [6, 6.07) is 5.72. The van der Waals surface area contributed by atoms with Gasteiger partial charge < -0.3 is 10.2 Å². The Morgan fingerprint density at radius 1 is 1.45 bits per heavy atom. The summed E-state index contributed by atoms with van der Waals surface area (Å²) in [5, 5.41) is 3.08. The van der Waals surface area contributed by atoms with Gasteiger partial charge in [-0.3, -0.25) is 9.59 Å². The van der Waals surface area contributed by atoms with Crippen molar-refractivity contribution in [3.05, 3.63) is 23.2 Å². The number of anilines is 1. The summed E-state index contributed by atoms with van der Waals surface area (Å²) in [5.41, 5.74) is 0.734. The van der Waals surface area contributed by atoms with E-state index in [1.165, 1.54) is 18.2 Å². The first-order valence-electron chi connectivity index (χ1n) is 7.61. The molecule has 0 bridgehead atoms. The van der Waals surface area contributed by atoms with Crippen LogP contribution in [0.1, 0.15) is 32.6 Å². The number of hydrogen-bond donors (Lipinski definition) is 1. The van der Waals surface area contributed by atoms with Gasteiger partial charge >= 0.3 is 0 Å². The molecular weight excluding hydrogens is 320 g/mol. The van der Waals surface area contributed by atoms with Crippen molar-refractivity contribution in [3.8, 4) is 0 Å². The molecule has 0 aromatic heterocycles. The van der Waals surface area contributed by atoms with Gasteiger partial charge in [-0.15, -0.1) is 11.8 Å². The Morgan fingerprint density at radius 2 is 2.27 bits per heavy atom. The van der Waals surface area contributed by atoms with Crippen LogP contribution in [0.3, 0.4) is 0 Å². The summed E-state index contributed by atoms with van der Waals surface area (Å²) in [4.78, 5) is 27.6. The lowest BCUT2D eigenvalue weighted by atomic mass is 10.0. The number of amides is 2. The zero-order chi connectivity index (χ0) is 15.7. The molecule has 1 fully saturated rings. The molecule has 2 aliphatic rings. The average molecular weight is 339 g/mol. The number of piperidine rings is 1. The van der Waals surface area contributed by atoms with Gasteiger partial charge in [0.05, 0.1) is 10.9 Å². The predicted molar refractivity (Wildman–Crippen MR) is 89.4 cm³/mol. The number of hydrogen-bond acceptors (Lipinski definition) is 3. The molecule has 1 aromatic carbocycles. The first-order chi connectivity index (χ1) is 10.5. The zero-order valence-electron chi connectivity index (χ0n) is 12.5. The number of fused-ring (bicyclic) bond motifs is 1. The van der Waals surface area contributed by atoms with Crippen LogP contribution in [0.25, 0.3) is 0 Å². The molecule has 2 heterocycles. The first kappa shape index (κ1) is 15.7. The molecule has 2 amide bonds. The van der Waals surface area contributed by atoms with E-state index in [0.29, 0.717) is 5.02 Å². The van der Waals surface area contributed by atoms with E-state index < -0.39 is 0 Å². The largest absolute Gasteiger partial charge is 0.340 e. The second-order valence-electron chi connectivity index (χ2n) is 5.87. The highest BCUT2D eigenvalue weighted by atomic mass is 35.5. The van der Waals surface area contributed by atoms with Crippen LogP contribution in [-0.2, 0) is 9.59 Å². The zero-order valence-corrected chi connectivity index (χ0v) is 14.0. The third-order valence-corrected chi connectivity index (χ3v) is 5.75. The molecule has 0 radical (unpaired) electrons. The van der Waals surface area contributed by atoms with E-state index in [1.54, 1.807) is 12.1 Å². The van der Waals surface area contributed by atoms with Crippen molar-refractivity contribution in [3.63, 3.8) is 0 Å². The van der Waals surface area contributed by atoms with E-state index in [1.807, 2.05) is 11.0 Å². The van der Waals surface area contributed by atoms with Gasteiger partial charge in [0, 0.05) is 28.9 Å². The Balaban J connectivity index is 1.69. The average Bonchev–Trinajstić information content (AvgIpc) is 2.48. The molecule has 1 aromatic rings. The number of benzene rings is 1. The molecule has 2 aliphatic heterocycles. The van der Waals surface area contributed by atoms with E-state index >= 15 is 0 Å². The molecular formula is C16H19ClN2O2S. The number of thioether (sulfide) groups is 1. The minimum Gasteiger partial charge on any atom is -0.340 e. The van der Waals surface area contributed by atoms with Crippen LogP contribution in [0.15, 0.2) is 23.1 Å². The number of nitrogens with zero attached hydrogens (tertiary/aromatic N) is 1. The highest BCUT2D eigenvalue weighted by Gasteiger charge is 2.32. The minimum atomic E-state index is -0.365. The van der Waals surface area contributed by atoms with Gasteiger partial charge in [-0.2, -0.15) is 0 Å². The number of carbonyl (C=O) groups excluding carboxylic acids is 2. The maximum Gasteiger partial charge on any atom is 0.238 e. The number of nitrogens with one attached hydrogen (secondary N) is 1. The monoisotopic (exact) mass is 338 g/mol. The Labute approximate surface area is 139 Å². The summed E-state index contributed by atoms with van der Waals surface area (Å²) in [6.07, 6.45) is 3.54. The molecule has 6 heteroatoms. The molecule has 0 saturated carbocycles. The molecule has 1 saturated heterocycles. The van der Waals surface area contributed by atoms with Crippen molar-refractivity contribution in [1.82, 2.24) is 4.90 Å². The van der Waals surface area contributed by atoms with Crippen LogP contribution in [0.2, 0.25) is 5.02 Å². The van der Waals surface area contributed by atoms with Gasteiger partial charge in [0.25, 0.3) is 0 Å². The minimum absolute atomic E-state index is 0.0808. The quantitative estimate of drug-likeness (QED) is 0.897. The predicted octanol–water partition coefficient (Wildman–Crippen LogP) is 3.54. The molecule has 0 spiro atoms. The lowest BCUT2D eigenvalue weighted by Crippen LogP contribution is -2.44. The Bertz CT molecular complexity index is 608. The van der Waals surface area contributed by atoms with Gasteiger partial charge in [-0.25, -0.2) is 0 Å². The molecule has 0 aliphatic carbocycles. The summed E-state index contributed by atoms with van der Waals surface area (Å²) in [6.45, 7) is 2.90. The topological polar surface area (TPSA) is 49.4 Å². The summed E-state index contributed by atoms with van der Waals surface area (Å²) >= 11 is 7.39. The second kappa shape index (κ2) is 6.50. The van der Waals surface area contributed by atoms with Crippen molar-refractivity contribution < 1.29 is 9.59 Å². The number of carbonyl (C=O) groups is 2. The maximum absolute atomic E-state index is 12.5. The Morgan fingerprint density at radius 3 is 3.05 bits per heavy atom. The van der Waals surface area contributed by atoms with Crippen molar-refractivity contribution in [2.45, 2.75) is 48.8 Å². The fraction of sp³-hybridized carbons (Fsp3) is 0.500. The van der Waals surface area contributed by atoms with Crippen LogP contribution in [0, 0.1) is 0 Å². The van der Waals surface area contributed by atoms with Crippen molar-refractivity contribution in [1.29, 1.82) is 0 Å². The van der Waals surface area contributed by atoms with Crippen LogP contribution < -0.4 is 5.32 Å². The van der Waals surface area contributed by atoms with E-state index in [9.17, 15) is 9.59 Å². The Hall–Kier alpha value is -1.20. The first-order valence-corrected chi connectivity index (χ1v) is 8.87. The van der Waals surface area contributed by atoms with Gasteiger partial charge in [-0.05, 0) is 44.4 Å². The SMILES string of the molecule is C[C@H]1CCCCN1C(=O)C[C@@H]1Sc2ccc(Cl)cc2NC1=O. The van der Waals surface area contributed by atoms with Gasteiger partial charge in [0.1, 0.15) is 0 Å². The van der Waals surface area contributed by atoms with E-state index in [0.717, 1.165) is 30.0 Å². The third kappa shape index (κ3) is 3.25. The normalized spacial score (nSPS) is 24.6. The highest BCUT2D eigenvalue weighted by molar-refractivity contribution is 8.01. The molecule has 3 rings (SSSR count). The highest BCUT2D eigenvalue weighted by Crippen LogP contribution is 2.38. The number of rotatable bonds is 2. The molecule has 2 atom stereocenters. The summed E-state index contributed by atoms with van der Waals surface area (Å²) in [7, 11) is 0.